The van der Waals surface area contributed by atoms with Crippen LogP contribution in [-0.2, 0) is 10.8 Å². The summed E-state index contributed by atoms with van der Waals surface area (Å²) in [6.07, 6.45) is 3.42. The Hall–Kier alpha value is -0.110. The predicted molar refractivity (Wildman–Crippen MR) is 72.8 cm³/mol. The second-order valence-electron chi connectivity index (χ2n) is 6.81. The van der Waals surface area contributed by atoms with Gasteiger partial charge in [-0.2, -0.15) is 0 Å². The Balaban J connectivity index is 3.33. The minimum atomic E-state index is -0.762. The Bertz CT molecular complexity index is 313. The van der Waals surface area contributed by atoms with E-state index >= 15 is 0 Å². The molecule has 0 bridgehead atoms. The van der Waals surface area contributed by atoms with E-state index in [1.165, 1.54) is 16.9 Å². The van der Waals surface area contributed by atoms with Gasteiger partial charge in [-0.15, -0.1) is 0 Å². The van der Waals surface area contributed by atoms with Crippen molar-refractivity contribution in [1.82, 2.24) is 0 Å². The molecule has 0 saturated heterocycles. The van der Waals surface area contributed by atoms with Crippen molar-refractivity contribution in [2.24, 2.45) is 10.8 Å². The van der Waals surface area contributed by atoms with Gasteiger partial charge >= 0.3 is 0 Å². The van der Waals surface area contributed by atoms with Crippen molar-refractivity contribution in [2.45, 2.75) is 60.8 Å². The zero-order chi connectivity index (χ0) is 12.6. The van der Waals surface area contributed by atoms with E-state index in [0.29, 0.717) is 0 Å². The van der Waals surface area contributed by atoms with Crippen molar-refractivity contribution in [1.29, 1.82) is 0 Å². The average molecular weight is 242 g/mol. The topological polar surface area (TPSA) is 17.1 Å². The zero-order valence-electron chi connectivity index (χ0n) is 11.6. The lowest BCUT2D eigenvalue weighted by atomic mass is 9.79. The molecule has 1 heterocycles. The van der Waals surface area contributed by atoms with Crippen LogP contribution in [0.25, 0.3) is 0 Å². The monoisotopic (exact) mass is 242 g/mol. The van der Waals surface area contributed by atoms with Gasteiger partial charge < -0.3 is 0 Å². The van der Waals surface area contributed by atoms with Gasteiger partial charge in [0.15, 0.2) is 0 Å². The maximum atomic E-state index is 12.4. The van der Waals surface area contributed by atoms with Gasteiger partial charge in [0.05, 0.1) is 0 Å². The summed E-state index contributed by atoms with van der Waals surface area (Å²) in [6, 6.07) is 0. The average Bonchev–Trinajstić information content (AvgIpc) is 2.23. The first-order chi connectivity index (χ1) is 7.14. The highest BCUT2D eigenvalue weighted by Gasteiger charge is 2.32. The summed E-state index contributed by atoms with van der Waals surface area (Å²) in [4.78, 5) is 1.22. The fraction of sp³-hybridized carbons (Fsp3) is 0.857. The Morgan fingerprint density at radius 2 is 1.50 bits per heavy atom. The van der Waals surface area contributed by atoms with E-state index in [0.717, 1.165) is 18.6 Å². The highest BCUT2D eigenvalue weighted by atomic mass is 32.2. The van der Waals surface area contributed by atoms with Crippen LogP contribution in [0.15, 0.2) is 10.5 Å². The van der Waals surface area contributed by atoms with E-state index in [9.17, 15) is 4.21 Å². The fourth-order valence-corrected chi connectivity index (χ4v) is 4.43. The van der Waals surface area contributed by atoms with E-state index in [-0.39, 0.29) is 10.8 Å². The summed E-state index contributed by atoms with van der Waals surface area (Å²) in [5.41, 5.74) is 1.64. The molecule has 0 saturated carbocycles. The van der Waals surface area contributed by atoms with Gasteiger partial charge in [-0.1, -0.05) is 47.1 Å². The van der Waals surface area contributed by atoms with E-state index < -0.39 is 10.8 Å². The molecule has 0 aromatic heterocycles. The van der Waals surface area contributed by atoms with Crippen molar-refractivity contribution >= 4 is 10.8 Å². The molecule has 1 unspecified atom stereocenters. The van der Waals surface area contributed by atoms with Crippen LogP contribution in [0, 0.1) is 10.8 Å². The van der Waals surface area contributed by atoms with Gasteiger partial charge in [0, 0.05) is 21.5 Å². The first-order valence-electron chi connectivity index (χ1n) is 6.26. The number of hydrogen-bond donors (Lipinski definition) is 0. The summed E-state index contributed by atoms with van der Waals surface area (Å²) >= 11 is 0. The minimum Gasteiger partial charge on any atom is -0.255 e. The highest BCUT2D eigenvalue weighted by Crippen LogP contribution is 2.42. The minimum absolute atomic E-state index is 0.0395. The lowest BCUT2D eigenvalue weighted by molar-refractivity contribution is 0.444. The molecule has 0 radical (unpaired) electrons. The lowest BCUT2D eigenvalue weighted by Crippen LogP contribution is -2.22. The van der Waals surface area contributed by atoms with Crippen LogP contribution >= 0.6 is 0 Å². The van der Waals surface area contributed by atoms with Gasteiger partial charge in [0.2, 0.25) is 0 Å². The molecule has 94 valence electrons. The van der Waals surface area contributed by atoms with Crippen LogP contribution in [0.3, 0.4) is 0 Å². The molecule has 0 aliphatic carbocycles. The highest BCUT2D eigenvalue weighted by molar-refractivity contribution is 7.89. The summed E-state index contributed by atoms with van der Waals surface area (Å²) in [5, 5.41) is 0. The van der Waals surface area contributed by atoms with Crippen molar-refractivity contribution in [3.63, 3.8) is 0 Å². The van der Waals surface area contributed by atoms with Crippen LogP contribution in [0.2, 0.25) is 0 Å². The molecule has 0 amide bonds. The van der Waals surface area contributed by atoms with Crippen molar-refractivity contribution in [3.8, 4) is 0 Å². The molecule has 0 N–H and O–H groups in total. The molecule has 1 atom stereocenters. The van der Waals surface area contributed by atoms with Crippen LogP contribution in [-0.4, -0.2) is 9.96 Å². The summed E-state index contributed by atoms with van der Waals surface area (Å²) in [6.45, 7) is 13.3. The van der Waals surface area contributed by atoms with E-state index in [1.807, 2.05) is 0 Å². The Morgan fingerprint density at radius 1 is 0.938 bits per heavy atom. The fourth-order valence-electron chi connectivity index (χ4n) is 2.40. The van der Waals surface area contributed by atoms with Crippen LogP contribution in [0.5, 0.6) is 0 Å². The van der Waals surface area contributed by atoms with Crippen LogP contribution < -0.4 is 0 Å². The smallest absolute Gasteiger partial charge is 0.0493 e. The van der Waals surface area contributed by atoms with Gasteiger partial charge in [-0.05, 0) is 30.1 Å². The Kier molecular flexibility index (Phi) is 4.04. The van der Waals surface area contributed by atoms with Gasteiger partial charge in [0.1, 0.15) is 0 Å². The third kappa shape index (κ3) is 3.19. The van der Waals surface area contributed by atoms with Gasteiger partial charge in [-0.3, -0.25) is 4.21 Å². The molecule has 0 aromatic rings. The van der Waals surface area contributed by atoms with E-state index in [4.69, 9.17) is 0 Å². The quantitative estimate of drug-likeness (QED) is 0.620. The van der Waals surface area contributed by atoms with Crippen LogP contribution in [0.1, 0.15) is 60.8 Å². The number of allylic oxidation sites excluding steroid dienone is 2. The molecular formula is C14H26OS. The zero-order valence-corrected chi connectivity index (χ0v) is 12.5. The third-order valence-electron chi connectivity index (χ3n) is 3.09. The SMILES string of the molecule is CC(C)(C)C1=C(C(C)(C)C)S(=O)CCCC1. The number of hydrogen-bond acceptors (Lipinski definition) is 1. The lowest BCUT2D eigenvalue weighted by Gasteiger charge is -2.31. The first kappa shape index (κ1) is 14.0. The molecule has 1 aliphatic rings. The summed E-state index contributed by atoms with van der Waals surface area (Å²) in [7, 11) is -0.762. The standard InChI is InChI=1S/C14H26OS/c1-13(2,3)11-9-7-8-10-16(15)12(11)14(4,5)6/h7-10H2,1-6H3. The Labute approximate surface area is 103 Å². The van der Waals surface area contributed by atoms with Gasteiger partial charge in [0.25, 0.3) is 0 Å². The normalized spacial score (nSPS) is 24.5. The molecule has 1 aliphatic heterocycles. The van der Waals surface area contributed by atoms with Crippen molar-refractivity contribution in [2.75, 3.05) is 5.75 Å². The van der Waals surface area contributed by atoms with Crippen molar-refractivity contribution in [3.05, 3.63) is 10.5 Å². The maximum Gasteiger partial charge on any atom is 0.0493 e. The molecule has 2 heteroatoms. The molecular weight excluding hydrogens is 216 g/mol. The largest absolute Gasteiger partial charge is 0.255 e. The maximum absolute atomic E-state index is 12.4. The van der Waals surface area contributed by atoms with E-state index in [2.05, 4.69) is 41.5 Å². The van der Waals surface area contributed by atoms with Crippen molar-refractivity contribution < 1.29 is 4.21 Å². The number of rotatable bonds is 0. The molecule has 16 heavy (non-hydrogen) atoms. The molecule has 1 rings (SSSR count). The molecule has 1 nitrogen and oxygen atoms in total. The molecule has 0 aromatic carbocycles. The third-order valence-corrected chi connectivity index (χ3v) is 5.07. The summed E-state index contributed by atoms with van der Waals surface area (Å²) < 4.78 is 12.4. The Morgan fingerprint density at radius 3 is 1.94 bits per heavy atom. The molecule has 0 spiro atoms. The molecule has 0 fully saturated rings. The second kappa shape index (κ2) is 4.64. The predicted octanol–water partition coefficient (Wildman–Crippen LogP) is 4.27. The first-order valence-corrected chi connectivity index (χ1v) is 7.58. The van der Waals surface area contributed by atoms with Gasteiger partial charge in [-0.25, -0.2) is 0 Å². The van der Waals surface area contributed by atoms with Crippen LogP contribution in [0.4, 0.5) is 0 Å². The summed E-state index contributed by atoms with van der Waals surface area (Å²) in [5.74, 6) is 0.853. The van der Waals surface area contributed by atoms with E-state index in [1.54, 1.807) is 0 Å². The second-order valence-corrected chi connectivity index (χ2v) is 8.32.